The second-order valence-corrected chi connectivity index (χ2v) is 17.3. The first-order chi connectivity index (χ1) is 29.0. The highest BCUT2D eigenvalue weighted by atomic mass is 32.1. The molecule has 4 N–H and O–H groups in total. The summed E-state index contributed by atoms with van der Waals surface area (Å²) in [6.45, 7) is 10.9. The minimum Gasteiger partial charge on any atom is -0.507 e. The first-order valence-corrected chi connectivity index (χ1v) is 21.6. The van der Waals surface area contributed by atoms with E-state index in [1.807, 2.05) is 75.7 Å². The van der Waals surface area contributed by atoms with Crippen LogP contribution in [0.1, 0.15) is 87.0 Å². The number of phenols is 1. The normalized spacial score (nSPS) is 19.5. The molecule has 2 aliphatic heterocycles. The highest BCUT2D eigenvalue weighted by Crippen LogP contribution is 2.35. The minimum absolute atomic E-state index is 0.0766. The molecule has 0 aliphatic carbocycles. The number of piperidine rings is 1. The number of hydrogen-bond acceptors (Lipinski definition) is 12. The maximum Gasteiger partial charge on any atom is 0.254 e. The fraction of sp³-hybridized carbons (Fsp3) is 0.422. The molecule has 60 heavy (non-hydrogen) atoms. The van der Waals surface area contributed by atoms with Gasteiger partial charge in [0.15, 0.2) is 11.4 Å². The van der Waals surface area contributed by atoms with Crippen LogP contribution in [0.25, 0.3) is 32.7 Å². The van der Waals surface area contributed by atoms with Crippen LogP contribution in [0.3, 0.4) is 0 Å². The molecule has 0 spiro atoms. The Bertz CT molecular complexity index is 2430. The molecule has 2 aliphatic rings. The smallest absolute Gasteiger partial charge is 0.254 e. The lowest BCUT2D eigenvalue weighted by Gasteiger charge is -2.32. The fourth-order valence-electron chi connectivity index (χ4n) is 8.64. The van der Waals surface area contributed by atoms with E-state index in [-0.39, 0.29) is 48.4 Å². The number of hydrogen-bond donors (Lipinski definition) is 4. The highest BCUT2D eigenvalue weighted by Gasteiger charge is 2.41. The topological polar surface area (TPSA) is 183 Å². The van der Waals surface area contributed by atoms with Crippen molar-refractivity contribution < 1.29 is 29.1 Å². The van der Waals surface area contributed by atoms with Gasteiger partial charge >= 0.3 is 0 Å². The summed E-state index contributed by atoms with van der Waals surface area (Å²) in [5.41, 5.74) is 7.99. The Morgan fingerprint density at radius 1 is 1.07 bits per heavy atom. The number of ether oxygens (including phenoxy) is 1. The van der Waals surface area contributed by atoms with Crippen LogP contribution in [-0.4, -0.2) is 102 Å². The zero-order valence-electron chi connectivity index (χ0n) is 34.4. The minimum atomic E-state index is -0.727. The van der Waals surface area contributed by atoms with Crippen LogP contribution in [-0.2, 0) is 9.59 Å². The molecule has 15 heteroatoms. The standard InChI is InChI=1S/C45H52N8O6S/c1-26(2)42(45(57)53-24-34(54)20-33(53)21-40(56)47-27(3)29-11-13-30(14-12-29)43-28(4)46-25-60-43)39-22-41(51-59-39)58-17-16-52-15-7-8-31(23-52)36-18-32-19-37(49-50-44(32)48-36)35-9-5-6-10-38(35)55/h5-6,9-14,18-19,22,25-27,31,33-34,42,54-55H,7-8,15-17,20-21,23-24H2,1-4H3,(H,47,56)(H,48,50)/t27-,31+,33-,34+,42+/m0/s1. The van der Waals surface area contributed by atoms with Crippen molar-refractivity contribution in [2.24, 2.45) is 5.92 Å². The number of H-pyrrole nitrogens is 1. The summed E-state index contributed by atoms with van der Waals surface area (Å²) in [4.78, 5) is 40.5. The Kier molecular flexibility index (Phi) is 12.3. The Hall–Kier alpha value is -5.64. The van der Waals surface area contributed by atoms with Crippen molar-refractivity contribution in [2.45, 2.75) is 83.4 Å². The van der Waals surface area contributed by atoms with Crippen molar-refractivity contribution in [2.75, 3.05) is 32.8 Å². The number of rotatable bonds is 14. The number of benzene rings is 2. The number of thiazole rings is 1. The second-order valence-electron chi connectivity index (χ2n) is 16.5. The van der Waals surface area contributed by atoms with Crippen LogP contribution >= 0.6 is 11.3 Å². The van der Waals surface area contributed by atoms with E-state index < -0.39 is 18.1 Å². The first-order valence-electron chi connectivity index (χ1n) is 20.8. The lowest BCUT2D eigenvalue weighted by atomic mass is 9.91. The maximum atomic E-state index is 14.2. The number of carbonyl (C=O) groups excluding carboxylic acids is 2. The summed E-state index contributed by atoms with van der Waals surface area (Å²) in [5, 5.41) is 37.9. The van der Waals surface area contributed by atoms with Gasteiger partial charge in [0.2, 0.25) is 11.8 Å². The number of fused-ring (bicyclic) bond motifs is 1. The number of para-hydroxylation sites is 1. The van der Waals surface area contributed by atoms with E-state index >= 15 is 0 Å². The van der Waals surface area contributed by atoms with Gasteiger partial charge in [-0.15, -0.1) is 21.5 Å². The molecule has 2 amide bonds. The van der Waals surface area contributed by atoms with Gasteiger partial charge in [-0.05, 0) is 86.1 Å². The molecule has 2 fully saturated rings. The molecule has 2 aromatic carbocycles. The molecule has 0 saturated carbocycles. The van der Waals surface area contributed by atoms with Crippen LogP contribution < -0.4 is 10.1 Å². The van der Waals surface area contributed by atoms with E-state index in [1.54, 1.807) is 34.4 Å². The van der Waals surface area contributed by atoms with Gasteiger partial charge in [0.25, 0.3) is 5.88 Å². The van der Waals surface area contributed by atoms with Crippen LogP contribution in [0.5, 0.6) is 11.6 Å². The highest BCUT2D eigenvalue weighted by molar-refractivity contribution is 7.13. The molecule has 8 rings (SSSR count). The largest absolute Gasteiger partial charge is 0.507 e. The molecule has 0 bridgehead atoms. The van der Waals surface area contributed by atoms with E-state index in [0.29, 0.717) is 42.5 Å². The van der Waals surface area contributed by atoms with Crippen LogP contribution in [0, 0.1) is 12.8 Å². The van der Waals surface area contributed by atoms with E-state index in [4.69, 9.17) is 9.26 Å². The third kappa shape index (κ3) is 9.08. The van der Waals surface area contributed by atoms with Gasteiger partial charge in [-0.25, -0.2) is 4.98 Å². The first kappa shape index (κ1) is 41.1. The average molecular weight is 833 g/mol. The zero-order valence-corrected chi connectivity index (χ0v) is 35.2. The molecule has 14 nitrogen and oxygen atoms in total. The van der Waals surface area contributed by atoms with Gasteiger partial charge in [0.05, 0.1) is 33.9 Å². The quantitative estimate of drug-likeness (QED) is 0.0889. The fourth-order valence-corrected chi connectivity index (χ4v) is 9.45. The molecule has 5 atom stereocenters. The number of aliphatic hydroxyl groups is 1. The Balaban J connectivity index is 0.841. The number of aromatic nitrogens is 5. The summed E-state index contributed by atoms with van der Waals surface area (Å²) in [5.74, 6) is -0.0301. The summed E-state index contributed by atoms with van der Waals surface area (Å²) in [6.07, 6.45) is 1.75. The number of nitrogens with one attached hydrogen (secondary N) is 2. The van der Waals surface area contributed by atoms with Crippen molar-refractivity contribution in [3.8, 4) is 33.3 Å². The molecule has 0 unspecified atom stereocenters. The Labute approximate surface area is 353 Å². The number of likely N-dealkylation sites (tertiary alicyclic amines) is 2. The summed E-state index contributed by atoms with van der Waals surface area (Å²) < 4.78 is 11.8. The molecule has 6 aromatic rings. The molecule has 2 saturated heterocycles. The van der Waals surface area contributed by atoms with E-state index in [2.05, 4.69) is 41.6 Å². The molecule has 0 radical (unpaired) electrons. The predicted molar refractivity (Wildman–Crippen MR) is 229 cm³/mol. The van der Waals surface area contributed by atoms with Crippen LogP contribution in [0.2, 0.25) is 0 Å². The molecule has 4 aromatic heterocycles. The third-order valence-corrected chi connectivity index (χ3v) is 12.8. The number of aromatic amines is 1. The third-order valence-electron chi connectivity index (χ3n) is 11.8. The maximum absolute atomic E-state index is 14.2. The predicted octanol–water partition coefficient (Wildman–Crippen LogP) is 6.98. The zero-order chi connectivity index (χ0) is 41.9. The number of phenolic OH excluding ortho intramolecular Hbond substituents is 1. The summed E-state index contributed by atoms with van der Waals surface area (Å²) >= 11 is 1.60. The second kappa shape index (κ2) is 17.9. The number of aryl methyl sites for hydroxylation is 1. The number of aliphatic hydroxyl groups excluding tert-OH is 1. The van der Waals surface area contributed by atoms with Gasteiger partial charge in [0.1, 0.15) is 18.3 Å². The van der Waals surface area contributed by atoms with Gasteiger partial charge < -0.3 is 34.7 Å². The van der Waals surface area contributed by atoms with Crippen molar-refractivity contribution in [3.05, 3.63) is 95.0 Å². The summed E-state index contributed by atoms with van der Waals surface area (Å²) in [6, 6.07) is 20.3. The number of carbonyl (C=O) groups is 2. The van der Waals surface area contributed by atoms with Gasteiger partial charge in [-0.1, -0.05) is 50.2 Å². The lowest BCUT2D eigenvalue weighted by molar-refractivity contribution is -0.136. The van der Waals surface area contributed by atoms with Gasteiger partial charge in [0, 0.05) is 60.7 Å². The number of amides is 2. The molecule has 6 heterocycles. The number of β-amino-alcohol motifs (C(OH)–C–C–N with tert-alkyl or cyclic N) is 1. The number of nitrogens with zero attached hydrogens (tertiary/aromatic N) is 6. The van der Waals surface area contributed by atoms with Crippen molar-refractivity contribution in [1.29, 1.82) is 0 Å². The van der Waals surface area contributed by atoms with E-state index in [9.17, 15) is 19.8 Å². The molecule has 314 valence electrons. The van der Waals surface area contributed by atoms with Crippen LogP contribution in [0.15, 0.2) is 76.8 Å². The van der Waals surface area contributed by atoms with Crippen molar-refractivity contribution in [1.82, 2.24) is 40.4 Å². The lowest BCUT2D eigenvalue weighted by Crippen LogP contribution is -2.43. The van der Waals surface area contributed by atoms with Crippen molar-refractivity contribution in [3.63, 3.8) is 0 Å². The average Bonchev–Trinajstić information content (AvgIpc) is 4.05. The SMILES string of the molecule is Cc1ncsc1-c1ccc([C@H](C)NC(=O)C[C@@H]2C[C@@H](O)CN2C(=O)[C@@H](c2cc(OCCN3CCC[C@@H](c4cc5cc(-c6ccccc6O)nnc5[nH]4)C3)no2)C(C)C)cc1. The number of aromatic hydroxyl groups is 1. The Morgan fingerprint density at radius 2 is 1.88 bits per heavy atom. The van der Waals surface area contributed by atoms with E-state index in [1.165, 1.54) is 0 Å². The van der Waals surface area contributed by atoms with Crippen molar-refractivity contribution >= 4 is 34.2 Å². The van der Waals surface area contributed by atoms with E-state index in [0.717, 1.165) is 64.4 Å². The molecular weight excluding hydrogens is 781 g/mol. The monoisotopic (exact) mass is 832 g/mol. The van der Waals surface area contributed by atoms with Gasteiger partial charge in [-0.2, -0.15) is 0 Å². The summed E-state index contributed by atoms with van der Waals surface area (Å²) in [7, 11) is 0. The van der Waals surface area contributed by atoms with Gasteiger partial charge in [-0.3, -0.25) is 14.5 Å². The van der Waals surface area contributed by atoms with Crippen LogP contribution in [0.4, 0.5) is 0 Å². The molecular formula is C45H52N8O6S. The Morgan fingerprint density at radius 3 is 2.65 bits per heavy atom.